The highest BCUT2D eigenvalue weighted by Crippen LogP contribution is 2.33. The van der Waals surface area contributed by atoms with E-state index in [1.54, 1.807) is 0 Å². The van der Waals surface area contributed by atoms with E-state index in [0.717, 1.165) is 5.56 Å². The molecular formula is C17H26O. The van der Waals surface area contributed by atoms with Crippen molar-refractivity contribution in [2.75, 3.05) is 0 Å². The van der Waals surface area contributed by atoms with E-state index in [1.165, 1.54) is 56.1 Å². The van der Waals surface area contributed by atoms with Crippen LogP contribution in [0.2, 0.25) is 0 Å². The lowest BCUT2D eigenvalue weighted by atomic mass is 9.84. The molecule has 0 aliphatic heterocycles. The Bertz CT molecular complexity index is 355. The minimum atomic E-state index is -0.262. The lowest BCUT2D eigenvalue weighted by Gasteiger charge is -2.25. The van der Waals surface area contributed by atoms with Gasteiger partial charge in [0.1, 0.15) is 0 Å². The van der Waals surface area contributed by atoms with Gasteiger partial charge in [-0.1, -0.05) is 61.4 Å². The quantitative estimate of drug-likeness (QED) is 0.802. The molecule has 2 rings (SSSR count). The van der Waals surface area contributed by atoms with E-state index in [1.807, 2.05) is 0 Å². The molecule has 1 heteroatoms. The fourth-order valence-corrected chi connectivity index (χ4v) is 3.26. The molecule has 1 saturated carbocycles. The second-order valence-electron chi connectivity index (χ2n) is 5.97. The van der Waals surface area contributed by atoms with Gasteiger partial charge in [-0.2, -0.15) is 0 Å². The number of benzene rings is 1. The zero-order valence-corrected chi connectivity index (χ0v) is 11.8. The third-order valence-corrected chi connectivity index (χ3v) is 4.18. The summed E-state index contributed by atoms with van der Waals surface area (Å²) in [5, 5.41) is 10.6. The molecule has 1 aliphatic carbocycles. The topological polar surface area (TPSA) is 20.2 Å². The maximum absolute atomic E-state index is 10.6. The van der Waals surface area contributed by atoms with Gasteiger partial charge in [0.05, 0.1) is 6.10 Å². The predicted octanol–water partition coefficient (Wildman–Crippen LogP) is 4.70. The Morgan fingerprint density at radius 2 is 1.39 bits per heavy atom. The highest BCUT2D eigenvalue weighted by atomic mass is 16.3. The first kappa shape index (κ1) is 13.6. The number of hydrogen-bond acceptors (Lipinski definition) is 1. The summed E-state index contributed by atoms with van der Waals surface area (Å²) in [6.07, 6.45) is 8.75. The van der Waals surface area contributed by atoms with E-state index < -0.39 is 0 Å². The second kappa shape index (κ2) is 6.38. The molecular weight excluding hydrogens is 220 g/mol. The molecule has 1 nitrogen and oxygen atoms in total. The van der Waals surface area contributed by atoms with E-state index in [2.05, 4.69) is 32.0 Å². The van der Waals surface area contributed by atoms with E-state index in [4.69, 9.17) is 0 Å². The average Bonchev–Trinajstić information content (AvgIpc) is 2.26. The monoisotopic (exact) mass is 246 g/mol. The Morgan fingerprint density at radius 1 is 0.889 bits per heavy atom. The summed E-state index contributed by atoms with van der Waals surface area (Å²) in [6.45, 7) is 4.22. The minimum Gasteiger partial charge on any atom is -0.388 e. The van der Waals surface area contributed by atoms with E-state index >= 15 is 0 Å². The van der Waals surface area contributed by atoms with Crippen LogP contribution in [0.1, 0.15) is 67.7 Å². The van der Waals surface area contributed by atoms with Crippen LogP contribution < -0.4 is 0 Å². The summed E-state index contributed by atoms with van der Waals surface area (Å²) in [4.78, 5) is 0. The molecule has 0 amide bonds. The van der Waals surface area contributed by atoms with Crippen LogP contribution >= 0.6 is 0 Å². The van der Waals surface area contributed by atoms with Crippen molar-refractivity contribution < 1.29 is 5.11 Å². The van der Waals surface area contributed by atoms with Crippen LogP contribution in [-0.2, 0) is 0 Å². The molecule has 0 heterocycles. The molecule has 1 N–H and O–H groups in total. The molecule has 0 saturated heterocycles. The van der Waals surface area contributed by atoms with Gasteiger partial charge in [0.15, 0.2) is 0 Å². The molecule has 0 spiro atoms. The minimum absolute atomic E-state index is 0.262. The molecule has 1 unspecified atom stereocenters. The smallest absolute Gasteiger partial charge is 0.0818 e. The fraction of sp³-hybridized carbons (Fsp3) is 0.647. The lowest BCUT2D eigenvalue weighted by molar-refractivity contribution is 0.0912. The molecule has 18 heavy (non-hydrogen) atoms. The first-order valence-corrected chi connectivity index (χ1v) is 7.43. The van der Waals surface area contributed by atoms with Crippen molar-refractivity contribution in [1.29, 1.82) is 0 Å². The molecule has 1 aromatic rings. The van der Waals surface area contributed by atoms with Gasteiger partial charge in [0, 0.05) is 0 Å². The van der Waals surface area contributed by atoms with Crippen molar-refractivity contribution in [3.05, 3.63) is 34.9 Å². The Hall–Kier alpha value is -0.820. The van der Waals surface area contributed by atoms with Crippen molar-refractivity contribution in [1.82, 2.24) is 0 Å². The second-order valence-corrected chi connectivity index (χ2v) is 5.97. The van der Waals surface area contributed by atoms with Gasteiger partial charge in [0.2, 0.25) is 0 Å². The Labute approximate surface area is 111 Å². The van der Waals surface area contributed by atoms with Crippen molar-refractivity contribution in [3.63, 3.8) is 0 Å². The Morgan fingerprint density at radius 3 is 1.94 bits per heavy atom. The first-order chi connectivity index (χ1) is 8.66. The summed E-state index contributed by atoms with van der Waals surface area (Å²) in [7, 11) is 0. The van der Waals surface area contributed by atoms with E-state index in [0.29, 0.717) is 5.92 Å². The van der Waals surface area contributed by atoms with Crippen molar-refractivity contribution >= 4 is 0 Å². The number of hydrogen-bond donors (Lipinski definition) is 1. The Kier molecular flexibility index (Phi) is 4.82. The fourth-order valence-electron chi connectivity index (χ4n) is 3.26. The zero-order valence-electron chi connectivity index (χ0n) is 11.8. The van der Waals surface area contributed by atoms with Gasteiger partial charge < -0.3 is 5.11 Å². The van der Waals surface area contributed by atoms with Crippen molar-refractivity contribution in [3.8, 4) is 0 Å². The number of aliphatic hydroxyl groups is 1. The summed E-state index contributed by atoms with van der Waals surface area (Å²) in [5.74, 6) is 0.464. The van der Waals surface area contributed by atoms with Gasteiger partial charge in [0.25, 0.3) is 0 Å². The average molecular weight is 246 g/mol. The van der Waals surface area contributed by atoms with Crippen molar-refractivity contribution in [2.45, 2.75) is 64.9 Å². The normalized spacial score (nSPS) is 20.2. The van der Waals surface area contributed by atoms with Gasteiger partial charge in [-0.15, -0.1) is 0 Å². The zero-order chi connectivity index (χ0) is 13.0. The van der Waals surface area contributed by atoms with Gasteiger partial charge >= 0.3 is 0 Å². The molecule has 1 fully saturated rings. The van der Waals surface area contributed by atoms with Gasteiger partial charge in [-0.3, -0.25) is 0 Å². The maximum atomic E-state index is 10.6. The standard InChI is InChI=1S/C17H26O/c1-13-10-14(2)12-16(11-13)17(18)15-8-6-4-3-5-7-9-15/h10-12,15,17-18H,3-9H2,1-2H3. The van der Waals surface area contributed by atoms with Crippen LogP contribution in [0.15, 0.2) is 18.2 Å². The molecule has 0 aromatic heterocycles. The molecule has 1 atom stereocenters. The van der Waals surface area contributed by atoms with Crippen LogP contribution in [0.4, 0.5) is 0 Å². The lowest BCUT2D eigenvalue weighted by Crippen LogP contribution is -2.14. The molecule has 0 bridgehead atoms. The summed E-state index contributed by atoms with van der Waals surface area (Å²) in [5.41, 5.74) is 3.64. The van der Waals surface area contributed by atoms with E-state index in [-0.39, 0.29) is 6.10 Å². The number of rotatable bonds is 2. The number of aryl methyl sites for hydroxylation is 2. The molecule has 0 radical (unpaired) electrons. The highest BCUT2D eigenvalue weighted by molar-refractivity contribution is 5.30. The molecule has 100 valence electrons. The van der Waals surface area contributed by atoms with Crippen LogP contribution in [0.25, 0.3) is 0 Å². The maximum Gasteiger partial charge on any atom is 0.0818 e. The molecule has 1 aliphatic rings. The van der Waals surface area contributed by atoms with Crippen LogP contribution in [0.3, 0.4) is 0 Å². The largest absolute Gasteiger partial charge is 0.388 e. The Balaban J connectivity index is 2.10. The summed E-state index contributed by atoms with van der Waals surface area (Å²) < 4.78 is 0. The van der Waals surface area contributed by atoms with Gasteiger partial charge in [-0.05, 0) is 38.2 Å². The third kappa shape index (κ3) is 3.58. The first-order valence-electron chi connectivity index (χ1n) is 7.43. The predicted molar refractivity (Wildman–Crippen MR) is 76.7 cm³/mol. The molecule has 1 aromatic carbocycles. The SMILES string of the molecule is Cc1cc(C)cc(C(O)C2CCCCCCC2)c1. The van der Waals surface area contributed by atoms with Crippen molar-refractivity contribution in [2.24, 2.45) is 5.92 Å². The third-order valence-electron chi connectivity index (χ3n) is 4.18. The van der Waals surface area contributed by atoms with E-state index in [9.17, 15) is 5.11 Å². The summed E-state index contributed by atoms with van der Waals surface area (Å²) in [6, 6.07) is 6.47. The number of aliphatic hydroxyl groups excluding tert-OH is 1. The summed E-state index contributed by atoms with van der Waals surface area (Å²) >= 11 is 0. The van der Waals surface area contributed by atoms with Crippen LogP contribution in [-0.4, -0.2) is 5.11 Å². The highest BCUT2D eigenvalue weighted by Gasteiger charge is 2.21. The van der Waals surface area contributed by atoms with Crippen LogP contribution in [0.5, 0.6) is 0 Å². The van der Waals surface area contributed by atoms with Crippen LogP contribution in [0, 0.1) is 19.8 Å². The van der Waals surface area contributed by atoms with Gasteiger partial charge in [-0.25, -0.2) is 0 Å².